The van der Waals surface area contributed by atoms with Crippen LogP contribution in [0.4, 0.5) is 4.79 Å². The first kappa shape index (κ1) is 18.0. The van der Waals surface area contributed by atoms with Crippen LogP contribution >= 0.6 is 0 Å². The van der Waals surface area contributed by atoms with Crippen molar-refractivity contribution >= 4 is 35.1 Å². The molecule has 0 spiro atoms. The molecule has 3 aliphatic rings. The van der Waals surface area contributed by atoms with Crippen molar-refractivity contribution in [3.8, 4) is 0 Å². The van der Waals surface area contributed by atoms with Crippen molar-refractivity contribution in [3.63, 3.8) is 0 Å². The summed E-state index contributed by atoms with van der Waals surface area (Å²) in [4.78, 5) is 25.0. The molecule has 2 fully saturated rings. The van der Waals surface area contributed by atoms with Gasteiger partial charge in [0.15, 0.2) is 0 Å². The first-order valence-corrected chi connectivity index (χ1v) is 14.8. The molecule has 0 radical (unpaired) electrons. The van der Waals surface area contributed by atoms with E-state index in [-0.39, 0.29) is 6.09 Å². The Kier molecular flexibility index (Phi) is 5.35. The Morgan fingerprint density at radius 2 is 2.15 bits per heavy atom. The number of aliphatic imine (C=N–C) groups is 1. The van der Waals surface area contributed by atoms with E-state index in [4.69, 9.17) is 14.2 Å². The Labute approximate surface area is 160 Å². The Morgan fingerprint density at radius 1 is 1.38 bits per heavy atom. The molecule has 0 unspecified atom stereocenters. The van der Waals surface area contributed by atoms with Gasteiger partial charge in [-0.25, -0.2) is 0 Å². The molecular formula is C17H24InN5O3. The number of rotatable bonds is 4. The second-order valence-corrected chi connectivity index (χ2v) is 13.4. The third kappa shape index (κ3) is 3.55. The van der Waals surface area contributed by atoms with Gasteiger partial charge in [0, 0.05) is 0 Å². The third-order valence-corrected chi connectivity index (χ3v) is 11.4. The molecule has 0 bridgehead atoms. The van der Waals surface area contributed by atoms with Crippen LogP contribution in [0.5, 0.6) is 0 Å². The number of hydrogen-bond donors (Lipinski definition) is 0. The number of nitrogens with zero attached hydrogens (tertiary/aromatic N) is 5. The Balaban J connectivity index is 1.28. The monoisotopic (exact) mass is 461 g/mol. The molecule has 0 atom stereocenters. The van der Waals surface area contributed by atoms with Gasteiger partial charge in [-0.1, -0.05) is 0 Å². The summed E-state index contributed by atoms with van der Waals surface area (Å²) in [5.41, 5.74) is 1.17. The van der Waals surface area contributed by atoms with Gasteiger partial charge >= 0.3 is 154 Å². The van der Waals surface area contributed by atoms with Crippen molar-refractivity contribution in [2.45, 2.75) is 38.1 Å². The van der Waals surface area contributed by atoms with E-state index in [0.29, 0.717) is 12.0 Å². The number of likely N-dealkylation sites (tertiary alicyclic amines) is 2. The number of methoxy groups -OCH3 is 1. The molecule has 1 amide bonds. The van der Waals surface area contributed by atoms with Crippen LogP contribution in [0.25, 0.3) is 0 Å². The first-order chi connectivity index (χ1) is 12.7. The molecule has 8 nitrogen and oxygen atoms in total. The fraction of sp³-hybridized carbons (Fsp3) is 0.647. The second kappa shape index (κ2) is 7.72. The number of ether oxygens (including phenoxy) is 1. The van der Waals surface area contributed by atoms with Crippen molar-refractivity contribution in [3.05, 3.63) is 15.4 Å². The quantitative estimate of drug-likeness (QED) is 0.662. The van der Waals surface area contributed by atoms with Crippen molar-refractivity contribution < 1.29 is 14.1 Å². The number of hydrogen-bond acceptors (Lipinski definition) is 7. The van der Waals surface area contributed by atoms with E-state index in [2.05, 4.69) is 29.8 Å². The summed E-state index contributed by atoms with van der Waals surface area (Å²) in [6.45, 7) is 5.59. The Morgan fingerprint density at radius 3 is 2.81 bits per heavy atom. The molecule has 9 heteroatoms. The molecule has 138 valence electrons. The molecule has 0 aliphatic carbocycles. The normalized spacial score (nSPS) is 21.8. The van der Waals surface area contributed by atoms with Crippen LogP contribution in [0.2, 0.25) is 0 Å². The van der Waals surface area contributed by atoms with Crippen molar-refractivity contribution in [2.75, 3.05) is 33.3 Å². The molecule has 0 aromatic carbocycles. The summed E-state index contributed by atoms with van der Waals surface area (Å²) >= 11 is -2.17. The van der Waals surface area contributed by atoms with E-state index in [9.17, 15) is 4.79 Å². The fourth-order valence-electron chi connectivity index (χ4n) is 3.88. The van der Waals surface area contributed by atoms with Crippen LogP contribution < -0.4 is 3.58 Å². The van der Waals surface area contributed by atoms with Gasteiger partial charge in [0.1, 0.15) is 0 Å². The first-order valence-electron chi connectivity index (χ1n) is 9.33. The number of allylic oxidation sites excluding steroid dienone is 1. The van der Waals surface area contributed by atoms with Gasteiger partial charge in [-0.05, 0) is 0 Å². The minimum atomic E-state index is -2.17. The van der Waals surface area contributed by atoms with Crippen LogP contribution in [0.15, 0.2) is 19.0 Å². The van der Waals surface area contributed by atoms with E-state index in [0.717, 1.165) is 54.9 Å². The van der Waals surface area contributed by atoms with Crippen LogP contribution in [0.3, 0.4) is 0 Å². The van der Waals surface area contributed by atoms with Gasteiger partial charge in [0.2, 0.25) is 0 Å². The van der Waals surface area contributed by atoms with Gasteiger partial charge in [0.05, 0.1) is 7.11 Å². The predicted octanol–water partition coefficient (Wildman–Crippen LogP) is 0.858. The molecular weight excluding hydrogens is 437 g/mol. The zero-order chi connectivity index (χ0) is 18.1. The summed E-state index contributed by atoms with van der Waals surface area (Å²) in [7, 11) is 1.44. The van der Waals surface area contributed by atoms with Crippen molar-refractivity contribution in [2.24, 2.45) is 4.99 Å². The van der Waals surface area contributed by atoms with Crippen LogP contribution in [0.1, 0.15) is 38.0 Å². The van der Waals surface area contributed by atoms with Gasteiger partial charge in [-0.15, -0.1) is 0 Å². The summed E-state index contributed by atoms with van der Waals surface area (Å²) in [5, 5.41) is 4.24. The SMILES string of the molecule is CCC1=[CH][In]([c]2noc(C3CN(C4CCN(C(=O)OC)CC4)C3)n2)[CH]=N1. The maximum atomic E-state index is 11.6. The molecule has 4 heterocycles. The fourth-order valence-corrected chi connectivity index (χ4v) is 9.32. The zero-order valence-electron chi connectivity index (χ0n) is 15.3. The average molecular weight is 461 g/mol. The minimum absolute atomic E-state index is 0.217. The van der Waals surface area contributed by atoms with E-state index < -0.39 is 21.4 Å². The Bertz CT molecular complexity index is 720. The van der Waals surface area contributed by atoms with E-state index in [1.54, 1.807) is 4.90 Å². The number of aromatic nitrogens is 2. The number of carbonyl (C=O) groups excluding carboxylic acids is 1. The maximum absolute atomic E-state index is 11.6. The Hall–Kier alpha value is -1.35. The van der Waals surface area contributed by atoms with Gasteiger partial charge in [-0.3, -0.25) is 0 Å². The van der Waals surface area contributed by atoms with E-state index in [1.807, 2.05) is 0 Å². The van der Waals surface area contributed by atoms with E-state index >= 15 is 0 Å². The van der Waals surface area contributed by atoms with Crippen LogP contribution in [-0.4, -0.2) is 90.8 Å². The van der Waals surface area contributed by atoms with Gasteiger partial charge < -0.3 is 0 Å². The summed E-state index contributed by atoms with van der Waals surface area (Å²) in [6.07, 6.45) is 2.75. The molecule has 0 saturated carbocycles. The topological polar surface area (TPSA) is 84.1 Å². The number of amides is 1. The predicted molar refractivity (Wildman–Crippen MR) is 97.9 cm³/mol. The summed E-state index contributed by atoms with van der Waals surface area (Å²) in [6, 6.07) is 0.533. The van der Waals surface area contributed by atoms with Crippen molar-refractivity contribution in [1.29, 1.82) is 0 Å². The molecule has 1 aromatic rings. The summed E-state index contributed by atoms with van der Waals surface area (Å²) < 4.78 is 15.7. The van der Waals surface area contributed by atoms with Gasteiger partial charge in [-0.2, -0.15) is 0 Å². The third-order valence-electron chi connectivity index (χ3n) is 5.56. The second-order valence-electron chi connectivity index (χ2n) is 7.15. The van der Waals surface area contributed by atoms with E-state index in [1.165, 1.54) is 12.8 Å². The van der Waals surface area contributed by atoms with Crippen LogP contribution in [-0.2, 0) is 4.74 Å². The zero-order valence-corrected chi connectivity index (χ0v) is 18.6. The summed E-state index contributed by atoms with van der Waals surface area (Å²) in [5.74, 6) is 1.13. The number of carbonyl (C=O) groups is 1. The van der Waals surface area contributed by atoms with Crippen molar-refractivity contribution in [1.82, 2.24) is 19.9 Å². The standard InChI is InChI=1S/C12H17N4O3.C5H7N.In/c1-18-12(17)15-4-2-10(3-5-15)16-6-9(7-16)11-13-8-14-19-11;1-4-5(2)6-3;/h9-10H,2-7H2,1H3;2-3H,4H2,1H3;. The van der Waals surface area contributed by atoms with Gasteiger partial charge in [0.25, 0.3) is 0 Å². The molecule has 2 saturated heterocycles. The average Bonchev–Trinajstić information content (AvgIpc) is 3.29. The molecule has 3 aliphatic heterocycles. The molecule has 26 heavy (non-hydrogen) atoms. The van der Waals surface area contributed by atoms with Crippen LogP contribution in [0, 0.1) is 0 Å². The molecule has 1 aromatic heterocycles. The molecule has 0 N–H and O–H groups in total. The number of piperidine rings is 1. The molecule has 4 rings (SSSR count).